The van der Waals surface area contributed by atoms with Crippen LogP contribution in [0.25, 0.3) is 0 Å². The van der Waals surface area contributed by atoms with Crippen molar-refractivity contribution in [2.45, 2.75) is 56.8 Å². The maximum atomic E-state index is 14.3. The van der Waals surface area contributed by atoms with E-state index in [9.17, 15) is 22.8 Å². The van der Waals surface area contributed by atoms with Crippen LogP contribution < -0.4 is 0 Å². The molecule has 35 heavy (non-hydrogen) atoms. The topological polar surface area (TPSA) is 71.1 Å². The van der Waals surface area contributed by atoms with Crippen molar-refractivity contribution in [1.29, 1.82) is 0 Å². The lowest BCUT2D eigenvalue weighted by Crippen LogP contribution is -2.54. The van der Waals surface area contributed by atoms with E-state index in [1.54, 1.807) is 13.8 Å². The van der Waals surface area contributed by atoms with Crippen molar-refractivity contribution < 1.29 is 41.7 Å². The van der Waals surface area contributed by atoms with Gasteiger partial charge in [0, 0.05) is 25.5 Å². The third-order valence-electron chi connectivity index (χ3n) is 6.19. The zero-order chi connectivity index (χ0) is 25.7. The summed E-state index contributed by atoms with van der Waals surface area (Å²) in [5.41, 5.74) is -4.17. The van der Waals surface area contributed by atoms with Gasteiger partial charge < -0.3 is 18.9 Å². The number of carbonyl (C=O) groups excluding carboxylic acids is 2. The fourth-order valence-corrected chi connectivity index (χ4v) is 4.30. The molecule has 0 amide bonds. The van der Waals surface area contributed by atoms with Crippen LogP contribution in [0.4, 0.5) is 13.2 Å². The molecule has 1 saturated heterocycles. The number of cyclic esters (lactones) is 1. The summed E-state index contributed by atoms with van der Waals surface area (Å²) < 4.78 is 64.4. The molecule has 0 unspecified atom stereocenters. The largest absolute Gasteiger partial charge is 0.455 e. The first-order valence-corrected chi connectivity index (χ1v) is 11.3. The van der Waals surface area contributed by atoms with E-state index in [0.29, 0.717) is 0 Å². The minimum absolute atomic E-state index is 0.0154. The van der Waals surface area contributed by atoms with Gasteiger partial charge in [-0.1, -0.05) is 67.6 Å². The van der Waals surface area contributed by atoms with Crippen molar-refractivity contribution in [1.82, 2.24) is 0 Å². The number of hydrogen-bond donors (Lipinski definition) is 0. The number of alkyl halides is 3. The van der Waals surface area contributed by atoms with E-state index in [-0.39, 0.29) is 26.1 Å². The standard InChI is InChI=1S/C26H29F3O6/c1-18-16-24(2,35-22(18)30)21(14-15-33-17-19-10-6-4-7-11-19)34-23(31)25(32-3,26(27,28)29)20-12-8-5-9-13-20/h4-13,18,21H,14-17H2,1-3H3/t18-,21-,24-,25-/m1/s1. The van der Waals surface area contributed by atoms with Gasteiger partial charge in [-0.15, -0.1) is 0 Å². The molecule has 3 rings (SSSR count). The highest BCUT2D eigenvalue weighted by Crippen LogP contribution is 2.44. The molecule has 4 atom stereocenters. The van der Waals surface area contributed by atoms with Crippen LogP contribution >= 0.6 is 0 Å². The second-order valence-corrected chi connectivity index (χ2v) is 8.81. The Hall–Kier alpha value is -2.91. The Morgan fingerprint density at radius 1 is 1.11 bits per heavy atom. The van der Waals surface area contributed by atoms with Crippen molar-refractivity contribution in [3.63, 3.8) is 0 Å². The van der Waals surface area contributed by atoms with E-state index in [1.807, 2.05) is 30.3 Å². The summed E-state index contributed by atoms with van der Waals surface area (Å²) in [4.78, 5) is 25.4. The van der Waals surface area contributed by atoms with Gasteiger partial charge in [0.15, 0.2) is 0 Å². The first-order valence-electron chi connectivity index (χ1n) is 11.3. The molecule has 0 spiro atoms. The fraction of sp³-hybridized carbons (Fsp3) is 0.462. The van der Waals surface area contributed by atoms with Crippen LogP contribution in [0.15, 0.2) is 60.7 Å². The van der Waals surface area contributed by atoms with Gasteiger partial charge in [0.05, 0.1) is 19.1 Å². The molecular weight excluding hydrogens is 465 g/mol. The third kappa shape index (κ3) is 5.67. The monoisotopic (exact) mass is 494 g/mol. The maximum absolute atomic E-state index is 14.3. The van der Waals surface area contributed by atoms with Gasteiger partial charge in [-0.3, -0.25) is 4.79 Å². The molecule has 0 bridgehead atoms. The predicted molar refractivity (Wildman–Crippen MR) is 120 cm³/mol. The number of esters is 2. The van der Waals surface area contributed by atoms with Crippen LogP contribution in [0, 0.1) is 5.92 Å². The molecule has 2 aromatic rings. The summed E-state index contributed by atoms with van der Waals surface area (Å²) in [6.45, 7) is 3.53. The van der Waals surface area contributed by atoms with E-state index >= 15 is 0 Å². The lowest BCUT2D eigenvalue weighted by Gasteiger charge is -2.37. The Kier molecular flexibility index (Phi) is 8.22. The fourth-order valence-electron chi connectivity index (χ4n) is 4.30. The lowest BCUT2D eigenvalue weighted by molar-refractivity contribution is -0.281. The van der Waals surface area contributed by atoms with Crippen molar-refractivity contribution >= 4 is 11.9 Å². The van der Waals surface area contributed by atoms with Gasteiger partial charge >= 0.3 is 18.1 Å². The second kappa shape index (κ2) is 10.8. The van der Waals surface area contributed by atoms with Crippen molar-refractivity contribution in [3.05, 3.63) is 71.8 Å². The van der Waals surface area contributed by atoms with Gasteiger partial charge in [0.25, 0.3) is 5.60 Å². The Morgan fingerprint density at radius 2 is 1.71 bits per heavy atom. The second-order valence-electron chi connectivity index (χ2n) is 8.81. The number of benzene rings is 2. The molecule has 0 N–H and O–H groups in total. The SMILES string of the molecule is CO[C@@](C(=O)O[C@H](CCOCc1ccccc1)[C@@]1(C)C[C@@H](C)C(=O)O1)(c1ccccc1)C(F)(F)F. The minimum atomic E-state index is -5.12. The quantitative estimate of drug-likeness (QED) is 0.344. The summed E-state index contributed by atoms with van der Waals surface area (Å²) >= 11 is 0. The highest BCUT2D eigenvalue weighted by Gasteiger charge is 2.65. The molecule has 1 aliphatic rings. The van der Waals surface area contributed by atoms with E-state index in [1.165, 1.54) is 18.2 Å². The van der Waals surface area contributed by atoms with Crippen LogP contribution in [0.3, 0.4) is 0 Å². The van der Waals surface area contributed by atoms with Crippen LogP contribution in [0.1, 0.15) is 37.8 Å². The average Bonchev–Trinajstić information content (AvgIpc) is 3.09. The zero-order valence-electron chi connectivity index (χ0n) is 19.8. The first kappa shape index (κ1) is 26.7. The molecule has 0 saturated carbocycles. The summed E-state index contributed by atoms with van der Waals surface area (Å²) in [5.74, 6) is -2.63. The lowest BCUT2D eigenvalue weighted by atomic mass is 9.88. The number of rotatable bonds is 10. The van der Waals surface area contributed by atoms with Crippen LogP contribution in [0.2, 0.25) is 0 Å². The van der Waals surface area contributed by atoms with E-state index < -0.39 is 46.9 Å². The van der Waals surface area contributed by atoms with E-state index in [2.05, 4.69) is 0 Å². The molecule has 1 aliphatic heterocycles. The zero-order valence-corrected chi connectivity index (χ0v) is 19.8. The molecular formula is C26H29F3O6. The molecule has 2 aromatic carbocycles. The van der Waals surface area contributed by atoms with E-state index in [4.69, 9.17) is 18.9 Å². The summed E-state index contributed by atoms with van der Waals surface area (Å²) in [7, 11) is 0.805. The Balaban J connectivity index is 1.84. The smallest absolute Gasteiger partial charge is 0.432 e. The maximum Gasteiger partial charge on any atom is 0.432 e. The van der Waals surface area contributed by atoms with Gasteiger partial charge in [-0.25, -0.2) is 4.79 Å². The van der Waals surface area contributed by atoms with Gasteiger partial charge in [0.1, 0.15) is 11.7 Å². The Bertz CT molecular complexity index is 997. The molecule has 6 nitrogen and oxygen atoms in total. The van der Waals surface area contributed by atoms with E-state index in [0.717, 1.165) is 24.8 Å². The summed E-state index contributed by atoms with van der Waals surface area (Å²) in [6, 6.07) is 15.9. The molecule has 9 heteroatoms. The summed E-state index contributed by atoms with van der Waals surface area (Å²) in [5, 5.41) is 0. The highest BCUT2D eigenvalue weighted by atomic mass is 19.4. The Morgan fingerprint density at radius 3 is 2.23 bits per heavy atom. The minimum Gasteiger partial charge on any atom is -0.455 e. The van der Waals surface area contributed by atoms with Gasteiger partial charge in [-0.2, -0.15) is 13.2 Å². The average molecular weight is 495 g/mol. The third-order valence-corrected chi connectivity index (χ3v) is 6.19. The number of hydrogen-bond acceptors (Lipinski definition) is 6. The molecule has 1 heterocycles. The summed E-state index contributed by atoms with van der Waals surface area (Å²) in [6.07, 6.45) is -6.11. The number of carbonyl (C=O) groups is 2. The van der Waals surface area contributed by atoms with Crippen molar-refractivity contribution in [2.75, 3.05) is 13.7 Å². The van der Waals surface area contributed by atoms with Crippen molar-refractivity contribution in [2.24, 2.45) is 5.92 Å². The van der Waals surface area contributed by atoms with Crippen LogP contribution in [-0.4, -0.2) is 43.5 Å². The number of methoxy groups -OCH3 is 1. The first-order chi connectivity index (χ1) is 16.5. The normalized spacial score (nSPS) is 22.8. The van der Waals surface area contributed by atoms with Crippen molar-refractivity contribution in [3.8, 4) is 0 Å². The number of ether oxygens (including phenoxy) is 4. The molecule has 0 radical (unpaired) electrons. The predicted octanol–water partition coefficient (Wildman–Crippen LogP) is 4.95. The molecule has 0 aliphatic carbocycles. The molecule has 1 fully saturated rings. The van der Waals surface area contributed by atoms with Gasteiger partial charge in [0.2, 0.25) is 0 Å². The van der Waals surface area contributed by atoms with Gasteiger partial charge in [-0.05, 0) is 12.5 Å². The number of halogens is 3. The Labute approximate surface area is 202 Å². The molecule has 0 aromatic heterocycles. The molecule has 190 valence electrons. The van der Waals surface area contributed by atoms with Crippen LogP contribution in [-0.2, 0) is 40.7 Å². The highest BCUT2D eigenvalue weighted by molar-refractivity contribution is 5.83. The van der Waals surface area contributed by atoms with Crippen LogP contribution in [0.5, 0.6) is 0 Å².